The summed E-state index contributed by atoms with van der Waals surface area (Å²) in [5, 5.41) is 15.3. The van der Waals surface area contributed by atoms with Gasteiger partial charge in [0.05, 0.1) is 4.92 Å². The second kappa shape index (κ2) is 6.61. The Morgan fingerprint density at radius 2 is 2.00 bits per heavy atom. The summed E-state index contributed by atoms with van der Waals surface area (Å²) >= 11 is 5.99. The van der Waals surface area contributed by atoms with E-state index in [4.69, 9.17) is 11.6 Å². The highest BCUT2D eigenvalue weighted by Gasteiger charge is 2.31. The molecule has 0 spiro atoms. The van der Waals surface area contributed by atoms with E-state index in [1.807, 2.05) is 29.2 Å². The molecule has 1 aromatic heterocycles. The Bertz CT molecular complexity index is 995. The molecule has 7 nitrogen and oxygen atoms in total. The highest BCUT2D eigenvalue weighted by Crippen LogP contribution is 2.40. The number of anilines is 4. The van der Waals surface area contributed by atoms with Gasteiger partial charge in [-0.3, -0.25) is 10.1 Å². The van der Waals surface area contributed by atoms with E-state index in [0.29, 0.717) is 17.3 Å². The van der Waals surface area contributed by atoms with Crippen molar-refractivity contribution in [2.45, 2.75) is 6.42 Å². The fourth-order valence-corrected chi connectivity index (χ4v) is 3.28. The molecule has 0 amide bonds. The molecule has 1 aliphatic heterocycles. The van der Waals surface area contributed by atoms with Gasteiger partial charge >= 0.3 is 5.69 Å². The summed E-state index contributed by atoms with van der Waals surface area (Å²) in [6, 6.07) is 14.8. The van der Waals surface area contributed by atoms with Crippen LogP contribution in [0, 0.1) is 10.1 Å². The largest absolute Gasteiger partial charge is 0.354 e. The van der Waals surface area contributed by atoms with Crippen LogP contribution in [0.2, 0.25) is 5.02 Å². The summed E-state index contributed by atoms with van der Waals surface area (Å²) in [7, 11) is 0. The van der Waals surface area contributed by atoms with Crippen LogP contribution in [0.3, 0.4) is 0 Å². The van der Waals surface area contributed by atoms with Crippen LogP contribution in [0.5, 0.6) is 0 Å². The SMILES string of the molecule is O=[N+]([O-])c1c(Nc2cccc(Cl)c2)ncnc1N1CCc2ccccc21. The topological polar surface area (TPSA) is 84.2 Å². The molecule has 0 aliphatic carbocycles. The number of aromatic nitrogens is 2. The summed E-state index contributed by atoms with van der Waals surface area (Å²) in [6.07, 6.45) is 2.14. The maximum atomic E-state index is 11.8. The Balaban J connectivity index is 1.78. The lowest BCUT2D eigenvalue weighted by atomic mass is 10.2. The van der Waals surface area contributed by atoms with E-state index in [1.54, 1.807) is 24.3 Å². The van der Waals surface area contributed by atoms with Crippen LogP contribution in [-0.4, -0.2) is 21.4 Å². The number of nitro groups is 1. The second-order valence-corrected chi connectivity index (χ2v) is 6.25. The number of hydrogen-bond acceptors (Lipinski definition) is 6. The van der Waals surface area contributed by atoms with Gasteiger partial charge in [0.25, 0.3) is 0 Å². The third-order valence-electron chi connectivity index (χ3n) is 4.22. The summed E-state index contributed by atoms with van der Waals surface area (Å²) in [5.74, 6) is 0.408. The molecule has 0 bridgehead atoms. The third-order valence-corrected chi connectivity index (χ3v) is 4.45. The maximum Gasteiger partial charge on any atom is 0.354 e. The quantitative estimate of drug-likeness (QED) is 0.540. The van der Waals surface area contributed by atoms with E-state index in [0.717, 1.165) is 17.7 Å². The van der Waals surface area contributed by atoms with Crippen molar-refractivity contribution in [3.05, 3.63) is 75.6 Å². The summed E-state index contributed by atoms with van der Waals surface area (Å²) < 4.78 is 0. The van der Waals surface area contributed by atoms with Gasteiger partial charge in [-0.2, -0.15) is 0 Å². The Kier molecular flexibility index (Phi) is 4.14. The highest BCUT2D eigenvalue weighted by atomic mass is 35.5. The lowest BCUT2D eigenvalue weighted by Gasteiger charge is -2.19. The summed E-state index contributed by atoms with van der Waals surface area (Å²) in [4.78, 5) is 21.5. The van der Waals surface area contributed by atoms with E-state index < -0.39 is 4.92 Å². The van der Waals surface area contributed by atoms with Gasteiger partial charge in [-0.1, -0.05) is 35.9 Å². The first-order valence-corrected chi connectivity index (χ1v) is 8.39. The zero-order valence-electron chi connectivity index (χ0n) is 13.6. The lowest BCUT2D eigenvalue weighted by Crippen LogP contribution is -2.17. The average Bonchev–Trinajstić information content (AvgIpc) is 3.05. The molecule has 3 aromatic rings. The van der Waals surface area contributed by atoms with Crippen molar-refractivity contribution in [3.63, 3.8) is 0 Å². The number of hydrogen-bond donors (Lipinski definition) is 1. The Labute approximate surface area is 154 Å². The zero-order chi connectivity index (χ0) is 18.1. The van der Waals surface area contributed by atoms with Crippen molar-refractivity contribution in [1.29, 1.82) is 0 Å². The maximum absolute atomic E-state index is 11.8. The van der Waals surface area contributed by atoms with Crippen molar-refractivity contribution >= 4 is 40.3 Å². The number of nitrogens with zero attached hydrogens (tertiary/aromatic N) is 4. The van der Waals surface area contributed by atoms with Crippen LogP contribution in [0.4, 0.5) is 28.7 Å². The molecule has 8 heteroatoms. The Hall–Kier alpha value is -3.19. The van der Waals surface area contributed by atoms with Gasteiger partial charge in [0.1, 0.15) is 6.33 Å². The monoisotopic (exact) mass is 367 g/mol. The molecular weight excluding hydrogens is 354 g/mol. The van der Waals surface area contributed by atoms with Crippen molar-refractivity contribution in [3.8, 4) is 0 Å². The van der Waals surface area contributed by atoms with Crippen LogP contribution < -0.4 is 10.2 Å². The fraction of sp³-hybridized carbons (Fsp3) is 0.111. The Morgan fingerprint density at radius 1 is 1.15 bits per heavy atom. The van der Waals surface area contributed by atoms with E-state index in [1.165, 1.54) is 6.33 Å². The molecule has 26 heavy (non-hydrogen) atoms. The van der Waals surface area contributed by atoms with Gasteiger partial charge in [0.2, 0.25) is 11.6 Å². The second-order valence-electron chi connectivity index (χ2n) is 5.82. The van der Waals surface area contributed by atoms with Crippen molar-refractivity contribution < 1.29 is 4.92 Å². The van der Waals surface area contributed by atoms with Crippen LogP contribution in [0.15, 0.2) is 54.9 Å². The van der Waals surface area contributed by atoms with Gasteiger partial charge in [-0.05, 0) is 36.2 Å². The minimum atomic E-state index is -0.455. The van der Waals surface area contributed by atoms with Crippen molar-refractivity contribution in [2.24, 2.45) is 0 Å². The molecule has 0 fully saturated rings. The highest BCUT2D eigenvalue weighted by molar-refractivity contribution is 6.30. The molecule has 0 atom stereocenters. The number of nitrogens with one attached hydrogen (secondary N) is 1. The van der Waals surface area contributed by atoms with Crippen LogP contribution in [0.1, 0.15) is 5.56 Å². The predicted octanol–water partition coefficient (Wildman–Crippen LogP) is 4.48. The number of rotatable bonds is 4. The van der Waals surface area contributed by atoms with E-state index in [2.05, 4.69) is 15.3 Å². The van der Waals surface area contributed by atoms with Crippen molar-refractivity contribution in [2.75, 3.05) is 16.8 Å². The minimum Gasteiger partial charge on any atom is -0.334 e. The smallest absolute Gasteiger partial charge is 0.334 e. The van der Waals surface area contributed by atoms with Crippen molar-refractivity contribution in [1.82, 2.24) is 9.97 Å². The van der Waals surface area contributed by atoms with Gasteiger partial charge in [-0.15, -0.1) is 0 Å². The fourth-order valence-electron chi connectivity index (χ4n) is 3.09. The van der Waals surface area contributed by atoms with E-state index in [9.17, 15) is 10.1 Å². The molecule has 4 rings (SSSR count). The number of benzene rings is 2. The van der Waals surface area contributed by atoms with E-state index >= 15 is 0 Å². The molecular formula is C18H14ClN5O2. The first-order chi connectivity index (χ1) is 12.6. The predicted molar refractivity (Wildman–Crippen MR) is 101 cm³/mol. The molecule has 0 radical (unpaired) electrons. The first kappa shape index (κ1) is 16.3. The minimum absolute atomic E-state index is 0.131. The molecule has 2 heterocycles. The molecule has 1 N–H and O–H groups in total. The van der Waals surface area contributed by atoms with Crippen LogP contribution >= 0.6 is 11.6 Å². The van der Waals surface area contributed by atoms with Crippen LogP contribution in [0.25, 0.3) is 0 Å². The number of para-hydroxylation sites is 1. The average molecular weight is 368 g/mol. The summed E-state index contributed by atoms with van der Waals surface area (Å²) in [5.41, 5.74) is 2.53. The standard InChI is InChI=1S/C18H14ClN5O2/c19-13-5-3-6-14(10-13)22-17-16(24(25)26)18(21-11-20-17)23-9-8-12-4-1-2-7-15(12)23/h1-7,10-11H,8-9H2,(H,20,21,22). The molecule has 0 saturated carbocycles. The number of halogens is 1. The lowest BCUT2D eigenvalue weighted by molar-refractivity contribution is -0.383. The molecule has 0 saturated heterocycles. The van der Waals surface area contributed by atoms with E-state index in [-0.39, 0.29) is 17.3 Å². The third kappa shape index (κ3) is 2.93. The van der Waals surface area contributed by atoms with Gasteiger partial charge in [-0.25, -0.2) is 9.97 Å². The number of fused-ring (bicyclic) bond motifs is 1. The molecule has 0 unspecified atom stereocenters. The van der Waals surface area contributed by atoms with Gasteiger partial charge < -0.3 is 10.2 Å². The Morgan fingerprint density at radius 3 is 2.81 bits per heavy atom. The zero-order valence-corrected chi connectivity index (χ0v) is 14.3. The summed E-state index contributed by atoms with van der Waals surface area (Å²) in [6.45, 7) is 0.633. The normalized spacial score (nSPS) is 12.7. The van der Waals surface area contributed by atoms with Gasteiger partial charge in [0.15, 0.2) is 0 Å². The van der Waals surface area contributed by atoms with Gasteiger partial charge in [0, 0.05) is 22.9 Å². The molecule has 130 valence electrons. The molecule has 2 aromatic carbocycles. The molecule has 1 aliphatic rings. The van der Waals surface area contributed by atoms with Crippen LogP contribution in [-0.2, 0) is 6.42 Å². The first-order valence-electron chi connectivity index (χ1n) is 8.01.